The Hall–Kier alpha value is -1.01. The monoisotopic (exact) mass is 305 g/mol. The van der Waals surface area contributed by atoms with E-state index in [4.69, 9.17) is 15.4 Å². The second-order valence-corrected chi connectivity index (χ2v) is 7.61. The Labute approximate surface area is 116 Å². The van der Waals surface area contributed by atoms with Crippen molar-refractivity contribution in [1.82, 2.24) is 4.57 Å². The molecule has 0 aromatic carbocycles. The third kappa shape index (κ3) is 3.51. The molecule has 1 aliphatic rings. The highest BCUT2D eigenvalue weighted by Crippen LogP contribution is 2.29. The minimum absolute atomic E-state index is 0.0596. The Morgan fingerprint density at radius 1 is 1.53 bits per heavy atom. The zero-order chi connectivity index (χ0) is 14.2. The van der Waals surface area contributed by atoms with Crippen molar-refractivity contribution < 1.29 is 17.9 Å². The van der Waals surface area contributed by atoms with Crippen LogP contribution in [0.15, 0.2) is 17.2 Å². The summed E-state index contributed by atoms with van der Waals surface area (Å²) in [5.41, 5.74) is 0.217. The van der Waals surface area contributed by atoms with Crippen LogP contribution in [0.3, 0.4) is 0 Å². The van der Waals surface area contributed by atoms with Crippen LogP contribution in [0.1, 0.15) is 43.2 Å². The topological polar surface area (TPSA) is 65.4 Å². The summed E-state index contributed by atoms with van der Waals surface area (Å²) in [6.45, 7) is 4.09. The number of halogens is 1. The maximum absolute atomic E-state index is 12.0. The van der Waals surface area contributed by atoms with E-state index in [0.717, 1.165) is 12.8 Å². The van der Waals surface area contributed by atoms with E-state index in [1.165, 1.54) is 12.3 Å². The number of aromatic nitrogens is 1. The minimum Gasteiger partial charge on any atom is -0.461 e. The fourth-order valence-corrected chi connectivity index (χ4v) is 2.48. The molecular weight excluding hydrogens is 290 g/mol. The number of ether oxygens (including phenoxy) is 1. The molecule has 0 saturated heterocycles. The molecule has 0 aliphatic heterocycles. The molecule has 0 bridgehead atoms. The summed E-state index contributed by atoms with van der Waals surface area (Å²) in [4.78, 5) is 11.9. The summed E-state index contributed by atoms with van der Waals surface area (Å²) in [5.74, 6) is -0.0465. The number of nitrogens with zero attached hydrogens (tertiary/aromatic N) is 1. The molecule has 1 heterocycles. The van der Waals surface area contributed by atoms with Crippen LogP contribution in [0.4, 0.5) is 0 Å². The smallest absolute Gasteiger partial charge is 0.355 e. The van der Waals surface area contributed by atoms with Crippen LogP contribution in [0.5, 0.6) is 0 Å². The number of rotatable bonds is 5. The van der Waals surface area contributed by atoms with Crippen molar-refractivity contribution in [2.75, 3.05) is 6.61 Å². The molecule has 2 rings (SSSR count). The highest BCUT2D eigenvalue weighted by molar-refractivity contribution is 8.13. The van der Waals surface area contributed by atoms with Gasteiger partial charge in [0.05, 0.1) is 6.61 Å². The van der Waals surface area contributed by atoms with Gasteiger partial charge in [-0.2, -0.15) is 0 Å². The molecular formula is C12H16ClNO4S. The van der Waals surface area contributed by atoms with Crippen molar-refractivity contribution in [3.8, 4) is 0 Å². The van der Waals surface area contributed by atoms with Gasteiger partial charge in [0.25, 0.3) is 9.05 Å². The van der Waals surface area contributed by atoms with Gasteiger partial charge in [-0.1, -0.05) is 0 Å². The lowest BCUT2D eigenvalue weighted by Crippen LogP contribution is -2.14. The Morgan fingerprint density at radius 3 is 2.63 bits per heavy atom. The summed E-state index contributed by atoms with van der Waals surface area (Å²) in [6, 6.07) is 1.20. The zero-order valence-electron chi connectivity index (χ0n) is 10.8. The lowest BCUT2D eigenvalue weighted by molar-refractivity contribution is 0.0472. The third-order valence-electron chi connectivity index (χ3n) is 3.02. The molecule has 106 valence electrons. The largest absolute Gasteiger partial charge is 0.461 e. The Balaban J connectivity index is 2.26. The van der Waals surface area contributed by atoms with Crippen LogP contribution in [0, 0.1) is 5.92 Å². The van der Waals surface area contributed by atoms with Gasteiger partial charge in [0.2, 0.25) is 0 Å². The van der Waals surface area contributed by atoms with E-state index in [9.17, 15) is 13.2 Å². The Morgan fingerprint density at radius 2 is 2.16 bits per heavy atom. The molecule has 19 heavy (non-hydrogen) atoms. The molecule has 1 aliphatic carbocycles. The van der Waals surface area contributed by atoms with E-state index in [2.05, 4.69) is 0 Å². The quantitative estimate of drug-likeness (QED) is 0.619. The standard InChI is InChI=1S/C12H16ClNO4S/c1-8(2)14-6-10(19(13,16)17)5-11(14)12(15)18-7-9-3-4-9/h5-6,8-9H,3-4,7H2,1-2H3. The molecule has 0 radical (unpaired) electrons. The van der Waals surface area contributed by atoms with Crippen LogP contribution in [0.25, 0.3) is 0 Å². The predicted molar refractivity (Wildman–Crippen MR) is 70.9 cm³/mol. The number of carbonyl (C=O) groups is 1. The molecule has 7 heteroatoms. The van der Waals surface area contributed by atoms with Gasteiger partial charge < -0.3 is 9.30 Å². The molecule has 1 aromatic rings. The van der Waals surface area contributed by atoms with Crippen LogP contribution in [0.2, 0.25) is 0 Å². The first-order valence-corrected chi connectivity index (χ1v) is 8.43. The summed E-state index contributed by atoms with van der Waals surface area (Å²) >= 11 is 0. The van der Waals surface area contributed by atoms with E-state index in [1.54, 1.807) is 4.57 Å². The molecule has 1 saturated carbocycles. The maximum atomic E-state index is 12.0. The van der Waals surface area contributed by atoms with Crippen LogP contribution in [-0.4, -0.2) is 25.6 Å². The van der Waals surface area contributed by atoms with Crippen molar-refractivity contribution >= 4 is 25.7 Å². The number of hydrogen-bond donors (Lipinski definition) is 0. The second-order valence-electron chi connectivity index (χ2n) is 5.04. The second kappa shape index (κ2) is 5.17. The Kier molecular flexibility index (Phi) is 3.92. The van der Waals surface area contributed by atoms with Gasteiger partial charge in [-0.3, -0.25) is 0 Å². The van der Waals surface area contributed by atoms with Crippen molar-refractivity contribution in [1.29, 1.82) is 0 Å². The lowest BCUT2D eigenvalue weighted by Gasteiger charge is -2.11. The average Bonchev–Trinajstić information content (AvgIpc) is 2.99. The van der Waals surface area contributed by atoms with Gasteiger partial charge in [0, 0.05) is 22.9 Å². The maximum Gasteiger partial charge on any atom is 0.355 e. The summed E-state index contributed by atoms with van der Waals surface area (Å²) in [6.07, 6.45) is 3.53. The van der Waals surface area contributed by atoms with E-state index >= 15 is 0 Å². The van der Waals surface area contributed by atoms with Gasteiger partial charge in [0.1, 0.15) is 10.6 Å². The fraction of sp³-hybridized carbons (Fsp3) is 0.583. The van der Waals surface area contributed by atoms with Crippen LogP contribution >= 0.6 is 10.7 Å². The van der Waals surface area contributed by atoms with Crippen molar-refractivity contribution in [2.45, 2.75) is 37.6 Å². The highest BCUT2D eigenvalue weighted by atomic mass is 35.7. The normalized spacial score (nSPS) is 15.8. The molecule has 0 N–H and O–H groups in total. The van der Waals surface area contributed by atoms with Gasteiger partial charge in [0.15, 0.2) is 0 Å². The van der Waals surface area contributed by atoms with E-state index in [0.29, 0.717) is 12.5 Å². The summed E-state index contributed by atoms with van der Waals surface area (Å²) in [7, 11) is 1.45. The Bertz CT molecular complexity index is 587. The highest BCUT2D eigenvalue weighted by Gasteiger charge is 2.26. The SMILES string of the molecule is CC(C)n1cc(S(=O)(=O)Cl)cc1C(=O)OCC1CC1. The first kappa shape index (κ1) is 14.4. The van der Waals surface area contributed by atoms with Crippen molar-refractivity contribution in [3.05, 3.63) is 18.0 Å². The zero-order valence-corrected chi connectivity index (χ0v) is 12.4. The van der Waals surface area contributed by atoms with E-state index < -0.39 is 15.0 Å². The summed E-state index contributed by atoms with van der Waals surface area (Å²) < 4.78 is 29.4. The molecule has 0 amide bonds. The molecule has 1 aromatic heterocycles. The van der Waals surface area contributed by atoms with E-state index in [-0.39, 0.29) is 16.6 Å². The van der Waals surface area contributed by atoms with Gasteiger partial charge in [-0.25, -0.2) is 13.2 Å². The number of carbonyl (C=O) groups excluding carboxylic acids is 1. The van der Waals surface area contributed by atoms with Gasteiger partial charge in [-0.15, -0.1) is 0 Å². The summed E-state index contributed by atoms with van der Waals surface area (Å²) in [5, 5.41) is 0. The molecule has 1 fully saturated rings. The molecule has 0 atom stereocenters. The first-order valence-electron chi connectivity index (χ1n) is 6.12. The predicted octanol–water partition coefficient (Wildman–Crippen LogP) is 2.56. The molecule has 0 spiro atoms. The number of esters is 1. The molecule has 5 nitrogen and oxygen atoms in total. The van der Waals surface area contributed by atoms with Crippen LogP contribution < -0.4 is 0 Å². The van der Waals surface area contributed by atoms with Gasteiger partial charge in [-0.05, 0) is 38.7 Å². The first-order chi connectivity index (χ1) is 8.79. The molecule has 0 unspecified atom stereocenters. The van der Waals surface area contributed by atoms with Crippen LogP contribution in [-0.2, 0) is 13.8 Å². The van der Waals surface area contributed by atoms with Gasteiger partial charge >= 0.3 is 5.97 Å². The minimum atomic E-state index is -3.85. The third-order valence-corrected chi connectivity index (χ3v) is 4.34. The van der Waals surface area contributed by atoms with E-state index in [1.807, 2.05) is 13.8 Å². The number of hydrogen-bond acceptors (Lipinski definition) is 4. The lowest BCUT2D eigenvalue weighted by atomic mass is 10.3. The fourth-order valence-electron chi connectivity index (χ4n) is 1.73. The van der Waals surface area contributed by atoms with Crippen molar-refractivity contribution in [2.24, 2.45) is 5.92 Å². The average molecular weight is 306 g/mol. The van der Waals surface area contributed by atoms with Crippen molar-refractivity contribution in [3.63, 3.8) is 0 Å².